The highest BCUT2D eigenvalue weighted by molar-refractivity contribution is 7.99. The molecular weight excluding hydrogens is 624 g/mol. The van der Waals surface area contributed by atoms with Crippen LogP contribution in [-0.2, 0) is 31.4 Å². The number of rotatable bonds is 9. The lowest BCUT2D eigenvalue weighted by Gasteiger charge is -2.32. The van der Waals surface area contributed by atoms with Gasteiger partial charge < -0.3 is 19.7 Å². The molecule has 246 valence electrons. The Labute approximate surface area is 261 Å². The van der Waals surface area contributed by atoms with Gasteiger partial charge in [0, 0.05) is 53.8 Å². The van der Waals surface area contributed by atoms with Crippen molar-refractivity contribution in [1.29, 1.82) is 0 Å². The molecule has 7 nitrogen and oxygen atoms in total. The van der Waals surface area contributed by atoms with Crippen molar-refractivity contribution in [2.45, 2.75) is 61.0 Å². The molecule has 0 unspecified atom stereocenters. The van der Waals surface area contributed by atoms with Crippen molar-refractivity contribution in [1.82, 2.24) is 9.80 Å². The fraction of sp³-hybridized carbons (Fsp3) is 0.484. The first-order valence-corrected chi connectivity index (χ1v) is 15.3. The summed E-state index contributed by atoms with van der Waals surface area (Å²) in [6, 6.07) is 8.48. The molecule has 2 fully saturated rings. The number of carbonyl (C=O) groups is 2. The zero-order chi connectivity index (χ0) is 32.8. The largest absolute Gasteiger partial charge is 0.462 e. The van der Waals surface area contributed by atoms with Crippen LogP contribution in [0.15, 0.2) is 52.3 Å². The lowest BCUT2D eigenvalue weighted by molar-refractivity contribution is -0.163. The molecule has 2 saturated heterocycles. The smallest absolute Gasteiger partial charge is 0.418 e. The summed E-state index contributed by atoms with van der Waals surface area (Å²) in [5.41, 5.74) is -3.78. The minimum Gasteiger partial charge on any atom is -0.462 e. The Balaban J connectivity index is 1.51. The van der Waals surface area contributed by atoms with Crippen LogP contribution in [0.3, 0.4) is 0 Å². The fourth-order valence-electron chi connectivity index (χ4n) is 5.19. The molecular formula is C31H35F6N3O4S. The summed E-state index contributed by atoms with van der Waals surface area (Å²) < 4.78 is 95.9. The summed E-state index contributed by atoms with van der Waals surface area (Å²) in [6.07, 6.45) is -7.79. The van der Waals surface area contributed by atoms with Crippen molar-refractivity contribution in [3.8, 4) is 0 Å². The van der Waals surface area contributed by atoms with E-state index in [9.17, 15) is 35.9 Å². The van der Waals surface area contributed by atoms with Crippen molar-refractivity contribution in [2.75, 3.05) is 51.3 Å². The minimum atomic E-state index is -5.34. The highest BCUT2D eigenvalue weighted by Gasteiger charge is 2.46. The topological polar surface area (TPSA) is 71.1 Å². The molecule has 1 N–H and O–H groups in total. The van der Waals surface area contributed by atoms with Gasteiger partial charge in [0.2, 0.25) is 5.91 Å². The molecule has 2 aromatic carbocycles. The van der Waals surface area contributed by atoms with E-state index in [0.717, 1.165) is 24.3 Å². The molecule has 1 amide bonds. The molecule has 0 radical (unpaired) electrons. The first-order chi connectivity index (χ1) is 21.2. The summed E-state index contributed by atoms with van der Waals surface area (Å²) in [5, 5.41) is 3.35. The molecule has 2 heterocycles. The Kier molecular flexibility index (Phi) is 11.5. The van der Waals surface area contributed by atoms with Gasteiger partial charge in [-0.1, -0.05) is 23.9 Å². The van der Waals surface area contributed by atoms with Crippen LogP contribution in [0.5, 0.6) is 0 Å². The van der Waals surface area contributed by atoms with Gasteiger partial charge in [-0.25, -0.2) is 0 Å². The molecule has 0 bridgehead atoms. The van der Waals surface area contributed by atoms with Crippen molar-refractivity contribution in [3.05, 3.63) is 59.2 Å². The van der Waals surface area contributed by atoms with Crippen molar-refractivity contribution < 1.29 is 45.4 Å². The maximum atomic E-state index is 14.3. The van der Waals surface area contributed by atoms with Crippen molar-refractivity contribution >= 4 is 35.4 Å². The molecule has 2 aliphatic rings. The molecule has 2 aromatic rings. The number of likely N-dealkylation sites (tertiary alicyclic amines) is 1. The summed E-state index contributed by atoms with van der Waals surface area (Å²) >= 11 is 0.583. The van der Waals surface area contributed by atoms with Gasteiger partial charge in [-0.2, -0.15) is 26.3 Å². The number of carbonyl (C=O) groups excluding carboxylic acids is 2. The summed E-state index contributed by atoms with van der Waals surface area (Å²) in [7, 11) is 0. The Bertz CT molecular complexity index is 1370. The fourth-order valence-corrected chi connectivity index (χ4v) is 6.23. The SMILES string of the molecule is CC(C)OC(=O)CN1CCC(Nc2cccc(Sc3ccc(C=CC(=O)N4CCOCC4)c(C(F)(F)F)c3C(F)(F)F)c2)CC1. The van der Waals surface area contributed by atoms with E-state index >= 15 is 0 Å². The zero-order valence-electron chi connectivity index (χ0n) is 24.8. The average molecular weight is 660 g/mol. The number of hydrogen-bond acceptors (Lipinski definition) is 7. The molecule has 0 spiro atoms. The second kappa shape index (κ2) is 14.9. The van der Waals surface area contributed by atoms with Crippen LogP contribution in [0.1, 0.15) is 43.4 Å². The van der Waals surface area contributed by atoms with Crippen LogP contribution < -0.4 is 5.32 Å². The average Bonchev–Trinajstić information content (AvgIpc) is 2.96. The Morgan fingerprint density at radius 3 is 2.29 bits per heavy atom. The number of amides is 1. The molecule has 2 aliphatic heterocycles. The maximum Gasteiger partial charge on any atom is 0.418 e. The molecule has 0 aromatic heterocycles. The van der Waals surface area contributed by atoms with Crippen molar-refractivity contribution in [3.63, 3.8) is 0 Å². The summed E-state index contributed by atoms with van der Waals surface area (Å²) in [4.78, 5) is 27.4. The first kappa shape index (κ1) is 34.6. The van der Waals surface area contributed by atoms with E-state index in [1.807, 2.05) is 4.90 Å². The van der Waals surface area contributed by atoms with Gasteiger partial charge in [-0.3, -0.25) is 14.5 Å². The second-order valence-corrected chi connectivity index (χ2v) is 12.1. The molecule has 14 heteroatoms. The van der Waals surface area contributed by atoms with E-state index < -0.39 is 39.8 Å². The molecule has 45 heavy (non-hydrogen) atoms. The predicted octanol–water partition coefficient (Wildman–Crippen LogP) is 6.58. The van der Waals surface area contributed by atoms with E-state index in [0.29, 0.717) is 48.3 Å². The standard InChI is InChI=1S/C31H35F6N3O4S/c1-20(2)44-27(42)19-39-12-10-22(11-13-39)38-23-4-3-5-24(18-23)45-25-8-6-21(7-9-26(41)40-14-16-43-17-15-40)28(30(32,33)34)29(25)31(35,36)37/h3-9,18,20,22,38H,10-17,19H2,1-2H3. The minimum absolute atomic E-state index is 0.0384. The highest BCUT2D eigenvalue weighted by atomic mass is 32.2. The predicted molar refractivity (Wildman–Crippen MR) is 158 cm³/mol. The third-order valence-electron chi connectivity index (χ3n) is 7.23. The normalized spacial score (nSPS) is 17.2. The Hall–Kier alpha value is -3.23. The zero-order valence-corrected chi connectivity index (χ0v) is 25.7. The van der Waals surface area contributed by atoms with E-state index in [1.165, 1.54) is 11.0 Å². The van der Waals surface area contributed by atoms with Gasteiger partial charge in [-0.15, -0.1) is 0 Å². The number of benzene rings is 2. The first-order valence-electron chi connectivity index (χ1n) is 14.5. The van der Waals surface area contributed by atoms with Crippen LogP contribution >= 0.6 is 11.8 Å². The monoisotopic (exact) mass is 659 g/mol. The number of esters is 1. The third kappa shape index (κ3) is 9.88. The van der Waals surface area contributed by atoms with E-state index in [1.54, 1.807) is 32.0 Å². The summed E-state index contributed by atoms with van der Waals surface area (Å²) in [5.74, 6) is -0.902. The quantitative estimate of drug-likeness (QED) is 0.186. The Morgan fingerprint density at radius 1 is 1.00 bits per heavy atom. The van der Waals surface area contributed by atoms with Gasteiger partial charge in [0.15, 0.2) is 0 Å². The number of nitrogens with one attached hydrogen (secondary N) is 1. The second-order valence-electron chi connectivity index (χ2n) is 11.0. The number of halogens is 6. The van der Waals surface area contributed by atoms with Gasteiger partial charge >= 0.3 is 18.3 Å². The van der Waals surface area contributed by atoms with Gasteiger partial charge in [-0.05, 0) is 62.6 Å². The number of nitrogens with zero attached hydrogens (tertiary/aromatic N) is 2. The maximum absolute atomic E-state index is 14.3. The van der Waals surface area contributed by atoms with Crippen LogP contribution in [0.25, 0.3) is 6.08 Å². The van der Waals surface area contributed by atoms with E-state index in [-0.39, 0.29) is 51.0 Å². The van der Waals surface area contributed by atoms with Gasteiger partial charge in [0.05, 0.1) is 37.0 Å². The highest BCUT2D eigenvalue weighted by Crippen LogP contribution is 2.48. The molecule has 0 saturated carbocycles. The number of anilines is 1. The Morgan fingerprint density at radius 2 is 1.67 bits per heavy atom. The molecule has 4 rings (SSSR count). The lowest BCUT2D eigenvalue weighted by Crippen LogP contribution is -2.42. The van der Waals surface area contributed by atoms with Gasteiger partial charge in [0.1, 0.15) is 0 Å². The summed E-state index contributed by atoms with van der Waals surface area (Å²) in [6.45, 7) is 6.06. The van der Waals surface area contributed by atoms with Crippen LogP contribution in [0, 0.1) is 0 Å². The van der Waals surface area contributed by atoms with E-state index in [2.05, 4.69) is 5.32 Å². The molecule has 0 atom stereocenters. The number of morpholine rings is 1. The lowest BCUT2D eigenvalue weighted by atomic mass is 9.99. The third-order valence-corrected chi connectivity index (χ3v) is 8.28. The number of alkyl halides is 6. The van der Waals surface area contributed by atoms with E-state index in [4.69, 9.17) is 9.47 Å². The number of hydrogen-bond donors (Lipinski definition) is 1. The van der Waals surface area contributed by atoms with Crippen LogP contribution in [0.2, 0.25) is 0 Å². The number of ether oxygens (including phenoxy) is 2. The van der Waals surface area contributed by atoms with Crippen LogP contribution in [0.4, 0.5) is 32.0 Å². The number of piperidine rings is 1. The van der Waals surface area contributed by atoms with Gasteiger partial charge in [0.25, 0.3) is 0 Å². The van der Waals surface area contributed by atoms with Crippen LogP contribution in [-0.4, -0.2) is 79.8 Å². The van der Waals surface area contributed by atoms with Crippen molar-refractivity contribution in [2.24, 2.45) is 0 Å². The molecule has 0 aliphatic carbocycles.